The summed E-state index contributed by atoms with van der Waals surface area (Å²) in [6, 6.07) is 8.92. The monoisotopic (exact) mass is 444 g/mol. The predicted octanol–water partition coefficient (Wildman–Crippen LogP) is 3.61. The van der Waals surface area contributed by atoms with Crippen molar-refractivity contribution in [1.29, 1.82) is 0 Å². The largest absolute Gasteiger partial charge is 0.491 e. The summed E-state index contributed by atoms with van der Waals surface area (Å²) in [6.45, 7) is 2.30. The van der Waals surface area contributed by atoms with Crippen molar-refractivity contribution >= 4 is 38.2 Å². The van der Waals surface area contributed by atoms with Gasteiger partial charge in [0.25, 0.3) is 10.0 Å². The number of halogens is 3. The van der Waals surface area contributed by atoms with Crippen LogP contribution in [-0.4, -0.2) is 42.5 Å². The number of thiophene rings is 1. The van der Waals surface area contributed by atoms with Crippen LogP contribution in [0.15, 0.2) is 46.0 Å². The highest BCUT2D eigenvalue weighted by Gasteiger charge is 2.42. The van der Waals surface area contributed by atoms with E-state index in [4.69, 9.17) is 0 Å². The standard InChI is InChI=1S/C18H15F3N2O4S2/c19-18(20,21)17(24)27-15-10-13-12(11-22-7-3-8-22)4-1-5-14(13)23(15)29(25,26)16-6-2-9-28-16/h1-2,4-6,9-10H,3,7-8,11H2. The predicted molar refractivity (Wildman–Crippen MR) is 100 cm³/mol. The first-order valence-electron chi connectivity index (χ1n) is 8.62. The number of likely N-dealkylation sites (tertiary alicyclic amines) is 1. The van der Waals surface area contributed by atoms with Crippen LogP contribution in [0.4, 0.5) is 13.2 Å². The van der Waals surface area contributed by atoms with E-state index in [2.05, 4.69) is 9.64 Å². The quantitative estimate of drug-likeness (QED) is 0.563. The minimum atomic E-state index is -5.26. The maximum Gasteiger partial charge on any atom is 0.491 e. The molecule has 11 heteroatoms. The van der Waals surface area contributed by atoms with Crippen molar-refractivity contribution < 1.29 is 31.1 Å². The number of alkyl halides is 3. The fourth-order valence-corrected chi connectivity index (χ4v) is 5.64. The number of esters is 1. The summed E-state index contributed by atoms with van der Waals surface area (Å²) < 4.78 is 69.6. The molecule has 0 N–H and O–H groups in total. The third-order valence-electron chi connectivity index (χ3n) is 4.62. The van der Waals surface area contributed by atoms with E-state index in [-0.39, 0.29) is 9.73 Å². The number of ether oxygens (including phenoxy) is 1. The average Bonchev–Trinajstić information content (AvgIpc) is 3.25. The van der Waals surface area contributed by atoms with E-state index in [1.165, 1.54) is 29.6 Å². The van der Waals surface area contributed by atoms with Crippen LogP contribution in [0, 0.1) is 0 Å². The van der Waals surface area contributed by atoms with Crippen LogP contribution in [-0.2, 0) is 21.4 Å². The average molecular weight is 444 g/mol. The van der Waals surface area contributed by atoms with E-state index in [0.29, 0.717) is 15.9 Å². The molecular weight excluding hydrogens is 429 g/mol. The number of aromatic nitrogens is 1. The Bertz CT molecular complexity index is 1160. The van der Waals surface area contributed by atoms with Crippen LogP contribution >= 0.6 is 11.3 Å². The van der Waals surface area contributed by atoms with Gasteiger partial charge in [-0.25, -0.2) is 8.77 Å². The number of fused-ring (bicyclic) bond motifs is 1. The van der Waals surface area contributed by atoms with Gasteiger partial charge in [-0.1, -0.05) is 18.2 Å². The smallest absolute Gasteiger partial charge is 0.402 e. The summed E-state index contributed by atoms with van der Waals surface area (Å²) in [6.07, 6.45) is -4.20. The molecule has 0 amide bonds. The molecule has 3 heterocycles. The lowest BCUT2D eigenvalue weighted by Crippen LogP contribution is -2.36. The topological polar surface area (TPSA) is 68.6 Å². The second-order valence-corrected chi connectivity index (χ2v) is 9.51. The third kappa shape index (κ3) is 3.65. The van der Waals surface area contributed by atoms with Crippen molar-refractivity contribution in [2.45, 2.75) is 23.4 Å². The molecule has 1 saturated heterocycles. The number of carbonyl (C=O) groups is 1. The van der Waals surface area contributed by atoms with Gasteiger partial charge in [-0.05, 0) is 42.6 Å². The molecule has 0 unspecified atom stereocenters. The van der Waals surface area contributed by atoms with Gasteiger partial charge >= 0.3 is 12.1 Å². The van der Waals surface area contributed by atoms with Crippen LogP contribution in [0.1, 0.15) is 12.0 Å². The molecule has 0 saturated carbocycles. The molecule has 1 fully saturated rings. The summed E-state index contributed by atoms with van der Waals surface area (Å²) in [5, 5.41) is 1.96. The number of carbonyl (C=O) groups excluding carboxylic acids is 1. The lowest BCUT2D eigenvalue weighted by Gasteiger charge is -2.30. The Morgan fingerprint density at radius 2 is 1.93 bits per heavy atom. The summed E-state index contributed by atoms with van der Waals surface area (Å²) >= 11 is 0.918. The van der Waals surface area contributed by atoms with Crippen molar-refractivity contribution in [1.82, 2.24) is 8.87 Å². The number of rotatable bonds is 5. The molecule has 0 radical (unpaired) electrons. The Balaban J connectivity index is 1.89. The van der Waals surface area contributed by atoms with Crippen LogP contribution in [0.2, 0.25) is 0 Å². The second kappa shape index (κ2) is 7.15. The normalized spacial score (nSPS) is 15.4. The molecule has 1 aliphatic heterocycles. The zero-order chi connectivity index (χ0) is 20.8. The van der Waals surface area contributed by atoms with Gasteiger partial charge in [0, 0.05) is 18.0 Å². The molecule has 0 bridgehead atoms. The minimum Gasteiger partial charge on any atom is -0.402 e. The van der Waals surface area contributed by atoms with Crippen LogP contribution in [0.3, 0.4) is 0 Å². The van der Waals surface area contributed by atoms with E-state index < -0.39 is 28.0 Å². The van der Waals surface area contributed by atoms with Crippen molar-refractivity contribution in [3.05, 3.63) is 47.3 Å². The molecule has 154 valence electrons. The molecule has 0 spiro atoms. The van der Waals surface area contributed by atoms with Gasteiger partial charge in [0.1, 0.15) is 4.21 Å². The summed E-state index contributed by atoms with van der Waals surface area (Å²) in [5.41, 5.74) is 0.896. The lowest BCUT2D eigenvalue weighted by atomic mass is 10.1. The third-order valence-corrected chi connectivity index (χ3v) is 7.71. The van der Waals surface area contributed by atoms with Gasteiger partial charge in [0.15, 0.2) is 0 Å². The molecule has 29 heavy (non-hydrogen) atoms. The molecule has 4 rings (SSSR count). The van der Waals surface area contributed by atoms with Crippen molar-refractivity contribution in [2.75, 3.05) is 13.1 Å². The Kier molecular flexibility index (Phi) is 4.91. The summed E-state index contributed by atoms with van der Waals surface area (Å²) in [7, 11) is -4.26. The highest BCUT2D eigenvalue weighted by molar-refractivity contribution is 7.92. The molecule has 1 aromatic carbocycles. The molecule has 3 aromatic rings. The van der Waals surface area contributed by atoms with Gasteiger partial charge in [0.2, 0.25) is 5.88 Å². The Hall–Kier alpha value is -2.37. The number of benzene rings is 1. The van der Waals surface area contributed by atoms with E-state index in [1.807, 2.05) is 0 Å². The van der Waals surface area contributed by atoms with Crippen molar-refractivity contribution in [2.24, 2.45) is 0 Å². The van der Waals surface area contributed by atoms with E-state index in [9.17, 15) is 26.4 Å². The Morgan fingerprint density at radius 3 is 2.52 bits per heavy atom. The highest BCUT2D eigenvalue weighted by atomic mass is 32.2. The zero-order valence-corrected chi connectivity index (χ0v) is 16.5. The molecule has 0 atom stereocenters. The second-order valence-electron chi connectivity index (χ2n) is 6.55. The first kappa shape index (κ1) is 19.9. The van der Waals surface area contributed by atoms with Crippen LogP contribution in [0.5, 0.6) is 5.88 Å². The maximum absolute atomic E-state index is 13.1. The number of nitrogens with zero attached hydrogens (tertiary/aromatic N) is 2. The van der Waals surface area contributed by atoms with Crippen molar-refractivity contribution in [3.63, 3.8) is 0 Å². The maximum atomic E-state index is 13.1. The van der Waals surface area contributed by atoms with Gasteiger partial charge in [-0.15, -0.1) is 11.3 Å². The van der Waals surface area contributed by atoms with Gasteiger partial charge in [-0.3, -0.25) is 4.90 Å². The summed E-state index contributed by atoms with van der Waals surface area (Å²) in [4.78, 5) is 13.6. The first-order valence-corrected chi connectivity index (χ1v) is 10.9. The number of hydrogen-bond acceptors (Lipinski definition) is 6. The Morgan fingerprint density at radius 1 is 1.17 bits per heavy atom. The molecular formula is C18H15F3N2O4S2. The van der Waals surface area contributed by atoms with E-state index in [0.717, 1.165) is 36.4 Å². The van der Waals surface area contributed by atoms with Crippen LogP contribution < -0.4 is 4.74 Å². The van der Waals surface area contributed by atoms with E-state index in [1.54, 1.807) is 12.1 Å². The molecule has 1 aliphatic rings. The molecule has 6 nitrogen and oxygen atoms in total. The van der Waals surface area contributed by atoms with Gasteiger partial charge in [-0.2, -0.15) is 21.6 Å². The highest BCUT2D eigenvalue weighted by Crippen LogP contribution is 2.35. The minimum absolute atomic E-state index is 0.0764. The van der Waals surface area contributed by atoms with Gasteiger partial charge in [0.05, 0.1) is 5.52 Å². The zero-order valence-electron chi connectivity index (χ0n) is 14.8. The lowest BCUT2D eigenvalue weighted by molar-refractivity contribution is -0.190. The SMILES string of the molecule is O=C(Oc1cc2c(CN3CCC3)cccc2n1S(=O)(=O)c1cccs1)C(F)(F)F. The first-order chi connectivity index (χ1) is 13.7. The van der Waals surface area contributed by atoms with E-state index >= 15 is 0 Å². The number of hydrogen-bond donors (Lipinski definition) is 0. The van der Waals surface area contributed by atoms with Crippen molar-refractivity contribution in [3.8, 4) is 5.88 Å². The molecule has 0 aliphatic carbocycles. The fraction of sp³-hybridized carbons (Fsp3) is 0.278. The van der Waals surface area contributed by atoms with Gasteiger partial charge < -0.3 is 4.74 Å². The Labute approximate surface area is 168 Å². The summed E-state index contributed by atoms with van der Waals surface area (Å²) in [5.74, 6) is -3.17. The fourth-order valence-electron chi connectivity index (χ4n) is 3.13. The molecule has 2 aromatic heterocycles. The van der Waals surface area contributed by atoms with Crippen LogP contribution in [0.25, 0.3) is 10.9 Å².